The van der Waals surface area contributed by atoms with Crippen LogP contribution >= 0.6 is 11.3 Å². The van der Waals surface area contributed by atoms with Crippen molar-refractivity contribution in [2.75, 3.05) is 25.1 Å². The number of hydrogen-bond donors (Lipinski definition) is 1. The first kappa shape index (κ1) is 23.8. The van der Waals surface area contributed by atoms with E-state index in [-0.39, 0.29) is 23.9 Å². The first-order chi connectivity index (χ1) is 17.5. The molecule has 1 fully saturated rings. The monoisotopic (exact) mass is 502 g/mol. The van der Waals surface area contributed by atoms with Gasteiger partial charge in [0.25, 0.3) is 5.56 Å². The van der Waals surface area contributed by atoms with Crippen LogP contribution in [0, 0.1) is 11.3 Å². The van der Waals surface area contributed by atoms with E-state index in [2.05, 4.69) is 16.0 Å². The van der Waals surface area contributed by atoms with Crippen molar-refractivity contribution in [3.05, 3.63) is 74.5 Å². The molecule has 184 valence electrons. The van der Waals surface area contributed by atoms with Crippen LogP contribution in [0.15, 0.2) is 52.9 Å². The van der Waals surface area contributed by atoms with Gasteiger partial charge >= 0.3 is 0 Å². The Kier molecular flexibility index (Phi) is 6.59. The second kappa shape index (κ2) is 9.97. The summed E-state index contributed by atoms with van der Waals surface area (Å²) in [6.07, 6.45) is 3.17. The Hall–Kier alpha value is -3.94. The number of carbonyl (C=O) groups is 1. The minimum absolute atomic E-state index is 0.0106. The van der Waals surface area contributed by atoms with Crippen LogP contribution in [0.5, 0.6) is 5.75 Å². The second-order valence-corrected chi connectivity index (χ2v) is 9.89. The molecule has 1 saturated heterocycles. The standard InChI is InChI=1S/C26H26N6O3S/c1-35-19-7-2-5-17(11-19)22(33)15-31-16-29-23-21(12-27)25(30-9-3-6-18(28)13-30)32(24(23)26(31)34)14-20-8-4-10-36-20/h2,4-5,7-8,10-11,16,18H,3,6,9,13-15,28H2,1H3/t18-/m1/s1. The molecule has 0 saturated carbocycles. The maximum Gasteiger partial charge on any atom is 0.278 e. The largest absolute Gasteiger partial charge is 0.497 e. The van der Waals surface area contributed by atoms with Crippen LogP contribution in [0.25, 0.3) is 11.0 Å². The summed E-state index contributed by atoms with van der Waals surface area (Å²) in [4.78, 5) is 34.4. The molecule has 1 aliphatic rings. The summed E-state index contributed by atoms with van der Waals surface area (Å²) in [6, 6.07) is 13.0. The second-order valence-electron chi connectivity index (χ2n) is 8.85. The third-order valence-corrected chi connectivity index (χ3v) is 7.33. The normalized spacial score (nSPS) is 15.7. The van der Waals surface area contributed by atoms with Crippen LogP contribution < -0.4 is 20.9 Å². The molecule has 4 heterocycles. The van der Waals surface area contributed by atoms with Gasteiger partial charge in [-0.2, -0.15) is 5.26 Å². The maximum absolute atomic E-state index is 13.8. The fourth-order valence-electron chi connectivity index (χ4n) is 4.75. The lowest BCUT2D eigenvalue weighted by Crippen LogP contribution is -2.44. The number of piperidine rings is 1. The summed E-state index contributed by atoms with van der Waals surface area (Å²) >= 11 is 1.58. The van der Waals surface area contributed by atoms with E-state index in [0.717, 1.165) is 24.3 Å². The molecule has 3 aromatic heterocycles. The number of thiophene rings is 1. The van der Waals surface area contributed by atoms with Crippen LogP contribution in [0.4, 0.5) is 5.82 Å². The highest BCUT2D eigenvalue weighted by atomic mass is 32.1. The maximum atomic E-state index is 13.8. The van der Waals surface area contributed by atoms with Crippen molar-refractivity contribution in [2.45, 2.75) is 32.0 Å². The van der Waals surface area contributed by atoms with Gasteiger partial charge in [-0.3, -0.25) is 14.2 Å². The van der Waals surface area contributed by atoms with Crippen LogP contribution in [0.2, 0.25) is 0 Å². The number of aromatic nitrogens is 3. The van der Waals surface area contributed by atoms with Crippen molar-refractivity contribution in [1.29, 1.82) is 5.26 Å². The molecule has 0 spiro atoms. The number of ether oxygens (including phenoxy) is 1. The Morgan fingerprint density at radius 3 is 2.92 bits per heavy atom. The predicted octanol–water partition coefficient (Wildman–Crippen LogP) is 3.00. The van der Waals surface area contributed by atoms with Gasteiger partial charge < -0.3 is 19.9 Å². The highest BCUT2D eigenvalue weighted by Crippen LogP contribution is 2.33. The highest BCUT2D eigenvalue weighted by molar-refractivity contribution is 7.09. The molecule has 0 unspecified atom stereocenters. The van der Waals surface area contributed by atoms with Crippen molar-refractivity contribution in [2.24, 2.45) is 5.73 Å². The summed E-state index contributed by atoms with van der Waals surface area (Å²) in [6.45, 7) is 1.58. The average Bonchev–Trinajstić information content (AvgIpc) is 3.52. The van der Waals surface area contributed by atoms with Crippen LogP contribution in [0.3, 0.4) is 0 Å². The molecule has 0 aliphatic carbocycles. The highest BCUT2D eigenvalue weighted by Gasteiger charge is 2.29. The Bertz CT molecular complexity index is 1520. The number of rotatable bonds is 7. The molecule has 10 heteroatoms. The van der Waals surface area contributed by atoms with Crippen molar-refractivity contribution < 1.29 is 9.53 Å². The van der Waals surface area contributed by atoms with Crippen molar-refractivity contribution in [3.8, 4) is 11.8 Å². The molecule has 9 nitrogen and oxygen atoms in total. The molecule has 1 atom stereocenters. The zero-order valence-corrected chi connectivity index (χ0v) is 20.7. The number of nitrogens with zero attached hydrogens (tertiary/aromatic N) is 5. The predicted molar refractivity (Wildman–Crippen MR) is 139 cm³/mol. The zero-order valence-electron chi connectivity index (χ0n) is 19.9. The quantitative estimate of drug-likeness (QED) is 0.386. The Morgan fingerprint density at radius 1 is 1.33 bits per heavy atom. The number of anilines is 1. The molecule has 1 aliphatic heterocycles. The van der Waals surface area contributed by atoms with Gasteiger partial charge in [0.2, 0.25) is 0 Å². The van der Waals surface area contributed by atoms with E-state index in [1.807, 2.05) is 22.1 Å². The lowest BCUT2D eigenvalue weighted by molar-refractivity contribution is 0.0970. The third-order valence-electron chi connectivity index (χ3n) is 6.47. The van der Waals surface area contributed by atoms with Crippen LogP contribution in [-0.2, 0) is 13.1 Å². The molecular weight excluding hydrogens is 476 g/mol. The van der Waals surface area contributed by atoms with E-state index >= 15 is 0 Å². The smallest absolute Gasteiger partial charge is 0.278 e. The van der Waals surface area contributed by atoms with Crippen LogP contribution in [0.1, 0.15) is 33.6 Å². The molecule has 0 amide bonds. The van der Waals surface area contributed by atoms with Gasteiger partial charge in [-0.05, 0) is 36.4 Å². The molecule has 1 aromatic carbocycles. The third kappa shape index (κ3) is 4.39. The molecule has 2 N–H and O–H groups in total. The summed E-state index contributed by atoms with van der Waals surface area (Å²) in [5.41, 5.74) is 7.36. The number of carbonyl (C=O) groups excluding carboxylic acids is 1. The Morgan fingerprint density at radius 2 is 2.19 bits per heavy atom. The van der Waals surface area contributed by atoms with E-state index in [0.29, 0.717) is 46.8 Å². The molecule has 4 aromatic rings. The number of ketones is 1. The summed E-state index contributed by atoms with van der Waals surface area (Å²) in [5.74, 6) is 0.989. The molecule has 36 heavy (non-hydrogen) atoms. The van der Waals surface area contributed by atoms with E-state index < -0.39 is 0 Å². The zero-order chi connectivity index (χ0) is 25.2. The van der Waals surface area contributed by atoms with Gasteiger partial charge in [-0.1, -0.05) is 18.2 Å². The van der Waals surface area contributed by atoms with Crippen molar-refractivity contribution >= 4 is 34.0 Å². The number of nitrogens with two attached hydrogens (primary N) is 1. The molecule has 0 radical (unpaired) electrons. The van der Waals surface area contributed by atoms with Gasteiger partial charge in [-0.15, -0.1) is 11.3 Å². The minimum Gasteiger partial charge on any atom is -0.497 e. The first-order valence-electron chi connectivity index (χ1n) is 11.7. The number of methoxy groups -OCH3 is 1. The number of nitriles is 1. The number of hydrogen-bond acceptors (Lipinski definition) is 8. The van der Waals surface area contributed by atoms with E-state index in [1.165, 1.54) is 18.0 Å². The first-order valence-corrected chi connectivity index (χ1v) is 12.6. The SMILES string of the molecule is COc1cccc(C(=O)Cn2cnc3c(C#N)c(N4CCC[C@@H](N)C4)n(Cc4cccs4)c3c2=O)c1. The van der Waals surface area contributed by atoms with Gasteiger partial charge in [-0.25, -0.2) is 4.98 Å². The fraction of sp³-hybridized carbons (Fsp3) is 0.308. The molecular formula is C26H26N6O3S. The molecule has 0 bridgehead atoms. The number of benzene rings is 1. The van der Waals surface area contributed by atoms with Crippen LogP contribution in [-0.4, -0.2) is 46.1 Å². The summed E-state index contributed by atoms with van der Waals surface area (Å²) < 4.78 is 8.40. The Balaban J connectivity index is 1.63. The van der Waals surface area contributed by atoms with Gasteiger partial charge in [0.05, 0.1) is 26.5 Å². The summed E-state index contributed by atoms with van der Waals surface area (Å²) in [7, 11) is 1.53. The lowest BCUT2D eigenvalue weighted by atomic mass is 10.1. The van der Waals surface area contributed by atoms with Crippen molar-refractivity contribution in [3.63, 3.8) is 0 Å². The van der Waals surface area contributed by atoms with E-state index in [9.17, 15) is 14.9 Å². The number of fused-ring (bicyclic) bond motifs is 1. The Labute approximate surface area is 212 Å². The lowest BCUT2D eigenvalue weighted by Gasteiger charge is -2.33. The van der Waals surface area contributed by atoms with Crippen molar-refractivity contribution in [1.82, 2.24) is 14.1 Å². The van der Waals surface area contributed by atoms with E-state index in [1.54, 1.807) is 35.6 Å². The number of Topliss-reactive ketones (excluding diaryl/α,β-unsaturated/α-hetero) is 1. The van der Waals surface area contributed by atoms with Gasteiger partial charge in [0.1, 0.15) is 34.2 Å². The molecule has 5 rings (SSSR count). The minimum atomic E-state index is -0.364. The average molecular weight is 503 g/mol. The van der Waals surface area contributed by atoms with Gasteiger partial charge in [0.15, 0.2) is 5.78 Å². The van der Waals surface area contributed by atoms with E-state index in [4.69, 9.17) is 10.5 Å². The fourth-order valence-corrected chi connectivity index (χ4v) is 5.45. The topological polar surface area (TPSA) is 119 Å². The summed E-state index contributed by atoms with van der Waals surface area (Å²) in [5, 5.41) is 12.1. The van der Waals surface area contributed by atoms with Gasteiger partial charge in [0, 0.05) is 29.6 Å².